The van der Waals surface area contributed by atoms with Crippen molar-refractivity contribution in [1.82, 2.24) is 14.9 Å². The highest BCUT2D eigenvalue weighted by Crippen LogP contribution is 2.29. The Morgan fingerprint density at radius 1 is 1.33 bits per heavy atom. The highest BCUT2D eigenvalue weighted by atomic mass is 19.1. The van der Waals surface area contributed by atoms with E-state index in [1.54, 1.807) is 13.0 Å². The number of aryl methyl sites for hydroxylation is 1. The molecule has 0 spiro atoms. The number of piperidine rings is 1. The molecule has 1 saturated heterocycles. The van der Waals surface area contributed by atoms with Gasteiger partial charge in [-0.2, -0.15) is 0 Å². The van der Waals surface area contributed by atoms with E-state index in [2.05, 4.69) is 5.32 Å². The maximum Gasteiger partial charge on any atom is 0.126 e. The number of hydrogen-bond donors (Lipinski definition) is 2. The molecule has 128 valence electrons. The summed E-state index contributed by atoms with van der Waals surface area (Å²) in [5.41, 5.74) is 2.33. The molecule has 1 fully saturated rings. The molecule has 2 heterocycles. The first-order valence-corrected chi connectivity index (χ1v) is 8.62. The van der Waals surface area contributed by atoms with Crippen molar-refractivity contribution in [1.29, 1.82) is 5.41 Å². The first-order valence-electron chi connectivity index (χ1n) is 8.62. The first kappa shape index (κ1) is 16.8. The van der Waals surface area contributed by atoms with E-state index in [0.29, 0.717) is 17.3 Å². The van der Waals surface area contributed by atoms with Crippen molar-refractivity contribution >= 4 is 5.84 Å². The lowest BCUT2D eigenvalue weighted by atomic mass is 9.97. The zero-order valence-electron chi connectivity index (χ0n) is 14.6. The lowest BCUT2D eigenvalue weighted by Crippen LogP contribution is -2.29. The second-order valence-corrected chi connectivity index (χ2v) is 6.88. The van der Waals surface area contributed by atoms with Crippen molar-refractivity contribution in [3.8, 4) is 11.3 Å². The summed E-state index contributed by atoms with van der Waals surface area (Å²) in [5, 5.41) is 11.8. The Hall–Kier alpha value is -2.01. The Labute approximate surface area is 142 Å². The van der Waals surface area contributed by atoms with E-state index < -0.39 is 0 Å². The van der Waals surface area contributed by atoms with E-state index in [1.165, 1.54) is 6.07 Å². The summed E-state index contributed by atoms with van der Waals surface area (Å²) in [6.45, 7) is 7.78. The molecule has 0 saturated carbocycles. The van der Waals surface area contributed by atoms with E-state index in [9.17, 15) is 4.39 Å². The second kappa shape index (κ2) is 6.85. The van der Waals surface area contributed by atoms with Crippen LogP contribution in [0.15, 0.2) is 24.4 Å². The highest BCUT2D eigenvalue weighted by Gasteiger charge is 2.24. The van der Waals surface area contributed by atoms with Gasteiger partial charge in [-0.15, -0.1) is 0 Å². The van der Waals surface area contributed by atoms with Crippen LogP contribution in [0.1, 0.15) is 44.0 Å². The SMILES string of the molecule is Cc1cc(-c2cn(C(=N)C(C)C)c(C3CCNCC3)n2)ccc1F. The molecular weight excluding hydrogens is 303 g/mol. The molecule has 24 heavy (non-hydrogen) atoms. The van der Waals surface area contributed by atoms with Crippen LogP contribution < -0.4 is 5.32 Å². The van der Waals surface area contributed by atoms with Gasteiger partial charge < -0.3 is 5.32 Å². The molecule has 0 amide bonds. The van der Waals surface area contributed by atoms with Crippen LogP contribution in [0.25, 0.3) is 11.3 Å². The predicted molar refractivity (Wildman–Crippen MR) is 95.2 cm³/mol. The van der Waals surface area contributed by atoms with Gasteiger partial charge in [0.05, 0.1) is 5.69 Å². The molecule has 2 N–H and O–H groups in total. The van der Waals surface area contributed by atoms with Gasteiger partial charge in [0.15, 0.2) is 0 Å². The van der Waals surface area contributed by atoms with Crippen LogP contribution in [-0.2, 0) is 0 Å². The van der Waals surface area contributed by atoms with Crippen LogP contribution in [0, 0.1) is 24.1 Å². The average Bonchev–Trinajstić information content (AvgIpc) is 3.02. The molecule has 0 unspecified atom stereocenters. The summed E-state index contributed by atoms with van der Waals surface area (Å²) in [7, 11) is 0. The van der Waals surface area contributed by atoms with E-state index >= 15 is 0 Å². The minimum atomic E-state index is -0.202. The number of rotatable bonds is 3. The quantitative estimate of drug-likeness (QED) is 0.662. The summed E-state index contributed by atoms with van der Waals surface area (Å²) >= 11 is 0. The first-order chi connectivity index (χ1) is 11.5. The van der Waals surface area contributed by atoms with Crippen LogP contribution in [0.4, 0.5) is 4.39 Å². The molecule has 0 bridgehead atoms. The smallest absolute Gasteiger partial charge is 0.126 e. The third-order valence-corrected chi connectivity index (χ3v) is 4.70. The van der Waals surface area contributed by atoms with Gasteiger partial charge >= 0.3 is 0 Å². The molecule has 0 aliphatic carbocycles. The molecule has 1 aromatic heterocycles. The second-order valence-electron chi connectivity index (χ2n) is 6.88. The van der Waals surface area contributed by atoms with Crippen LogP contribution in [0.2, 0.25) is 0 Å². The van der Waals surface area contributed by atoms with E-state index in [4.69, 9.17) is 10.4 Å². The van der Waals surface area contributed by atoms with Crippen molar-refractivity contribution < 1.29 is 4.39 Å². The van der Waals surface area contributed by atoms with Gasteiger partial charge in [0.2, 0.25) is 0 Å². The summed E-state index contributed by atoms with van der Waals surface area (Å²) < 4.78 is 15.5. The Balaban J connectivity index is 2.04. The number of benzene rings is 1. The highest BCUT2D eigenvalue weighted by molar-refractivity contribution is 5.85. The van der Waals surface area contributed by atoms with Crippen molar-refractivity contribution in [2.45, 2.75) is 39.5 Å². The fourth-order valence-electron chi connectivity index (χ4n) is 3.18. The molecule has 5 heteroatoms. The Kier molecular flexibility index (Phi) is 4.81. The molecule has 1 aliphatic heterocycles. The fraction of sp³-hybridized carbons (Fsp3) is 0.474. The van der Waals surface area contributed by atoms with Gasteiger partial charge in [-0.3, -0.25) is 9.98 Å². The number of aromatic nitrogens is 2. The molecule has 3 rings (SSSR count). The van der Waals surface area contributed by atoms with Crippen LogP contribution in [0.5, 0.6) is 0 Å². The topological polar surface area (TPSA) is 53.7 Å². The summed E-state index contributed by atoms with van der Waals surface area (Å²) in [6.07, 6.45) is 4.00. The van der Waals surface area contributed by atoms with Gasteiger partial charge in [0, 0.05) is 23.6 Å². The average molecular weight is 328 g/mol. The van der Waals surface area contributed by atoms with E-state index in [1.807, 2.05) is 30.7 Å². The Bertz CT molecular complexity index is 742. The zero-order chi connectivity index (χ0) is 17.3. The standard InChI is InChI=1S/C19H25FN4/c1-12(2)18(21)24-11-17(15-4-5-16(20)13(3)10-15)23-19(24)14-6-8-22-9-7-14/h4-5,10-12,14,21-22H,6-9H2,1-3H3. The fourth-order valence-corrected chi connectivity index (χ4v) is 3.18. The monoisotopic (exact) mass is 328 g/mol. The van der Waals surface area contributed by atoms with Crippen LogP contribution >= 0.6 is 0 Å². The van der Waals surface area contributed by atoms with Gasteiger partial charge in [0.1, 0.15) is 17.5 Å². The molecular formula is C19H25FN4. The minimum absolute atomic E-state index is 0.127. The molecule has 2 aromatic rings. The van der Waals surface area contributed by atoms with E-state index in [0.717, 1.165) is 43.0 Å². The van der Waals surface area contributed by atoms with Crippen molar-refractivity contribution in [2.24, 2.45) is 5.92 Å². The van der Waals surface area contributed by atoms with Gasteiger partial charge in [0.25, 0.3) is 0 Å². The summed E-state index contributed by atoms with van der Waals surface area (Å²) in [5.74, 6) is 1.81. The maximum atomic E-state index is 13.6. The van der Waals surface area contributed by atoms with Gasteiger partial charge in [-0.05, 0) is 56.6 Å². The molecule has 0 atom stereocenters. The Morgan fingerprint density at radius 3 is 2.67 bits per heavy atom. The molecule has 1 aliphatic rings. The predicted octanol–water partition coefficient (Wildman–Crippen LogP) is 3.95. The number of halogens is 1. The Morgan fingerprint density at radius 2 is 2.04 bits per heavy atom. The minimum Gasteiger partial charge on any atom is -0.317 e. The molecule has 4 nitrogen and oxygen atoms in total. The largest absolute Gasteiger partial charge is 0.317 e. The lowest BCUT2D eigenvalue weighted by molar-refractivity contribution is 0.442. The van der Waals surface area contributed by atoms with Crippen molar-refractivity contribution in [3.63, 3.8) is 0 Å². The maximum absolute atomic E-state index is 13.6. The van der Waals surface area contributed by atoms with Crippen LogP contribution in [0.3, 0.4) is 0 Å². The molecule has 1 aromatic carbocycles. The van der Waals surface area contributed by atoms with Crippen LogP contribution in [-0.4, -0.2) is 28.5 Å². The van der Waals surface area contributed by atoms with Gasteiger partial charge in [-0.1, -0.05) is 13.8 Å². The van der Waals surface area contributed by atoms with Crippen molar-refractivity contribution in [2.75, 3.05) is 13.1 Å². The molecule has 0 radical (unpaired) electrons. The number of nitrogens with one attached hydrogen (secondary N) is 2. The van der Waals surface area contributed by atoms with Gasteiger partial charge in [-0.25, -0.2) is 9.37 Å². The lowest BCUT2D eigenvalue weighted by Gasteiger charge is -2.23. The number of nitrogens with zero attached hydrogens (tertiary/aromatic N) is 2. The summed E-state index contributed by atoms with van der Waals surface area (Å²) in [4.78, 5) is 4.85. The third-order valence-electron chi connectivity index (χ3n) is 4.70. The zero-order valence-corrected chi connectivity index (χ0v) is 14.6. The number of hydrogen-bond acceptors (Lipinski definition) is 3. The van der Waals surface area contributed by atoms with E-state index in [-0.39, 0.29) is 11.7 Å². The normalized spacial score (nSPS) is 15.9. The van der Waals surface area contributed by atoms with Crippen molar-refractivity contribution in [3.05, 3.63) is 41.6 Å². The number of imidazole rings is 1. The summed E-state index contributed by atoms with van der Waals surface area (Å²) in [6, 6.07) is 5.08. The third kappa shape index (κ3) is 3.26.